The summed E-state index contributed by atoms with van der Waals surface area (Å²) in [6, 6.07) is 9.81. The van der Waals surface area contributed by atoms with Crippen molar-refractivity contribution in [3.63, 3.8) is 0 Å². The summed E-state index contributed by atoms with van der Waals surface area (Å²) in [6.45, 7) is 0. The number of H-pyrrole nitrogens is 1. The molecule has 2 heterocycles. The molecule has 13 heteroatoms. The summed E-state index contributed by atoms with van der Waals surface area (Å²) in [7, 11) is 0. The Kier molecular flexibility index (Phi) is 8.21. The van der Waals surface area contributed by atoms with E-state index in [0.717, 1.165) is 16.5 Å². The van der Waals surface area contributed by atoms with E-state index < -0.39 is 42.8 Å². The number of nitrogens with zero attached hydrogens (tertiary/aromatic N) is 2. The number of aromatic amines is 1. The number of phenolic OH excluding ortho intramolecular Hbond substituents is 1. The van der Waals surface area contributed by atoms with Crippen LogP contribution in [0.25, 0.3) is 10.9 Å². The predicted octanol–water partition coefficient (Wildman–Crippen LogP) is 1.24. The second-order valence-electron chi connectivity index (χ2n) is 8.80. The molecule has 3 atom stereocenters. The van der Waals surface area contributed by atoms with E-state index in [4.69, 9.17) is 10.2 Å². The second-order valence-corrected chi connectivity index (χ2v) is 8.80. The van der Waals surface area contributed by atoms with Gasteiger partial charge in [0.25, 0.3) is 0 Å². The standard InChI is InChI=1S/C25H28N6O7/c26-17(9-13-5-7-15(32)8-6-13)22-30-31-23(38-22)19(11-21(33)34)28-25(37)29-20(24(35)36)10-14-12-27-18-4-2-1-3-16(14)18/h1-8,12,17,19-21,27,32-34H,9-11,26H2,(H,35,36)(H2,28,29,37)/t17-,19-,20-/m0/s1. The van der Waals surface area contributed by atoms with Gasteiger partial charge in [-0.3, -0.25) is 0 Å². The number of carbonyl (C=O) groups is 2. The number of carbonyl (C=O) groups excluding carboxylic acids is 1. The Labute approximate surface area is 216 Å². The second kappa shape index (κ2) is 11.7. The highest BCUT2D eigenvalue weighted by Gasteiger charge is 2.28. The van der Waals surface area contributed by atoms with Crippen LogP contribution in [0.5, 0.6) is 5.75 Å². The van der Waals surface area contributed by atoms with E-state index in [2.05, 4.69) is 25.8 Å². The SMILES string of the molecule is N[C@@H](Cc1ccc(O)cc1)c1nnc([C@H](CC(O)O)NC(=O)N[C@@H](Cc2c[nH]c3ccccc23)C(=O)O)o1. The first-order valence-corrected chi connectivity index (χ1v) is 11.8. The maximum Gasteiger partial charge on any atom is 0.326 e. The number of urea groups is 1. The fraction of sp³-hybridized carbons (Fsp3) is 0.280. The van der Waals surface area contributed by atoms with Crippen molar-refractivity contribution < 1.29 is 34.4 Å². The zero-order valence-corrected chi connectivity index (χ0v) is 20.1. The van der Waals surface area contributed by atoms with Gasteiger partial charge in [-0.2, -0.15) is 0 Å². The minimum absolute atomic E-state index is 0.0108. The molecular formula is C25H28N6O7. The van der Waals surface area contributed by atoms with Crippen LogP contribution in [-0.4, -0.2) is 59.9 Å². The third-order valence-electron chi connectivity index (χ3n) is 5.92. The van der Waals surface area contributed by atoms with Gasteiger partial charge in [0.1, 0.15) is 17.8 Å². The fourth-order valence-corrected chi connectivity index (χ4v) is 4.02. The number of fused-ring (bicyclic) bond motifs is 1. The molecule has 2 aromatic heterocycles. The highest BCUT2D eigenvalue weighted by atomic mass is 16.5. The number of carboxylic acid groups (broad SMARTS) is 1. The summed E-state index contributed by atoms with van der Waals surface area (Å²) in [5, 5.41) is 51.7. The summed E-state index contributed by atoms with van der Waals surface area (Å²) in [4.78, 5) is 27.7. The van der Waals surface area contributed by atoms with E-state index in [9.17, 15) is 30.0 Å². The third kappa shape index (κ3) is 6.64. The molecular weight excluding hydrogens is 496 g/mol. The van der Waals surface area contributed by atoms with Crippen LogP contribution in [0, 0.1) is 0 Å². The molecule has 13 nitrogen and oxygen atoms in total. The van der Waals surface area contributed by atoms with Crippen molar-refractivity contribution in [2.24, 2.45) is 5.73 Å². The van der Waals surface area contributed by atoms with Gasteiger partial charge >= 0.3 is 12.0 Å². The molecule has 0 spiro atoms. The third-order valence-corrected chi connectivity index (χ3v) is 5.92. The van der Waals surface area contributed by atoms with Crippen molar-refractivity contribution in [3.05, 3.63) is 77.6 Å². The number of para-hydroxylation sites is 1. The zero-order valence-electron chi connectivity index (χ0n) is 20.1. The summed E-state index contributed by atoms with van der Waals surface area (Å²) < 4.78 is 5.61. The molecule has 0 aliphatic heterocycles. The molecule has 4 rings (SSSR count). The Morgan fingerprint density at radius 3 is 2.42 bits per heavy atom. The number of nitrogens with two attached hydrogens (primary N) is 1. The molecule has 9 N–H and O–H groups in total. The molecule has 0 radical (unpaired) electrons. The first-order valence-electron chi connectivity index (χ1n) is 11.8. The van der Waals surface area contributed by atoms with Gasteiger partial charge in [-0.1, -0.05) is 30.3 Å². The fourth-order valence-electron chi connectivity index (χ4n) is 4.02. The average molecular weight is 525 g/mol. The zero-order chi connectivity index (χ0) is 27.2. The molecule has 0 aliphatic rings. The van der Waals surface area contributed by atoms with E-state index in [1.54, 1.807) is 18.3 Å². The van der Waals surface area contributed by atoms with Gasteiger partial charge in [0.15, 0.2) is 6.29 Å². The van der Waals surface area contributed by atoms with Crippen molar-refractivity contribution in [1.29, 1.82) is 0 Å². The number of amides is 2. The molecule has 38 heavy (non-hydrogen) atoms. The summed E-state index contributed by atoms with van der Waals surface area (Å²) in [6.07, 6.45) is -0.217. The lowest BCUT2D eigenvalue weighted by Crippen LogP contribution is -2.48. The average Bonchev–Trinajstić information content (AvgIpc) is 3.52. The van der Waals surface area contributed by atoms with Gasteiger partial charge < -0.3 is 46.2 Å². The van der Waals surface area contributed by atoms with Gasteiger partial charge in [0, 0.05) is 29.9 Å². The van der Waals surface area contributed by atoms with Gasteiger partial charge in [-0.05, 0) is 35.7 Å². The minimum atomic E-state index is -1.83. The molecule has 0 aliphatic carbocycles. The highest BCUT2D eigenvalue weighted by Crippen LogP contribution is 2.22. The van der Waals surface area contributed by atoms with Crippen LogP contribution in [0.2, 0.25) is 0 Å². The van der Waals surface area contributed by atoms with Gasteiger partial charge in [-0.25, -0.2) is 9.59 Å². The van der Waals surface area contributed by atoms with Gasteiger partial charge in [0.05, 0.1) is 6.04 Å². The first kappa shape index (κ1) is 26.6. The van der Waals surface area contributed by atoms with E-state index in [1.807, 2.05) is 24.3 Å². The number of phenols is 1. The largest absolute Gasteiger partial charge is 0.508 e. The van der Waals surface area contributed by atoms with Crippen molar-refractivity contribution in [2.45, 2.75) is 43.7 Å². The van der Waals surface area contributed by atoms with Gasteiger partial charge in [0.2, 0.25) is 11.8 Å². The van der Waals surface area contributed by atoms with Crippen molar-refractivity contribution in [3.8, 4) is 5.75 Å². The molecule has 200 valence electrons. The molecule has 0 saturated heterocycles. The predicted molar refractivity (Wildman–Crippen MR) is 134 cm³/mol. The van der Waals surface area contributed by atoms with Crippen molar-refractivity contribution in [2.75, 3.05) is 0 Å². The van der Waals surface area contributed by atoms with Crippen LogP contribution in [0.3, 0.4) is 0 Å². The molecule has 0 fully saturated rings. The number of hydrogen-bond acceptors (Lipinski definition) is 9. The number of benzene rings is 2. The topological polar surface area (TPSA) is 220 Å². The lowest BCUT2D eigenvalue weighted by atomic mass is 10.1. The van der Waals surface area contributed by atoms with Crippen LogP contribution in [-0.2, 0) is 17.6 Å². The Hall–Kier alpha value is -4.46. The lowest BCUT2D eigenvalue weighted by Gasteiger charge is -2.19. The number of aromatic hydroxyl groups is 1. The van der Waals surface area contributed by atoms with E-state index >= 15 is 0 Å². The van der Waals surface area contributed by atoms with Gasteiger partial charge in [-0.15, -0.1) is 10.2 Å². The molecule has 2 aromatic carbocycles. The molecule has 2 amide bonds. The molecule has 0 unspecified atom stereocenters. The maximum atomic E-state index is 12.7. The summed E-state index contributed by atoms with van der Waals surface area (Å²) >= 11 is 0. The van der Waals surface area contributed by atoms with E-state index in [-0.39, 0.29) is 24.0 Å². The van der Waals surface area contributed by atoms with Crippen LogP contribution >= 0.6 is 0 Å². The number of nitrogens with one attached hydrogen (secondary N) is 3. The number of hydrogen-bond donors (Lipinski definition) is 8. The Balaban J connectivity index is 1.43. The number of rotatable bonds is 11. The lowest BCUT2D eigenvalue weighted by molar-refractivity contribution is -0.139. The maximum absolute atomic E-state index is 12.7. The first-order chi connectivity index (χ1) is 18.2. The van der Waals surface area contributed by atoms with E-state index in [0.29, 0.717) is 12.0 Å². The Morgan fingerprint density at radius 1 is 1.00 bits per heavy atom. The number of aromatic nitrogens is 3. The number of aliphatic hydroxyl groups is 2. The summed E-state index contributed by atoms with van der Waals surface area (Å²) in [5.74, 6) is -1.21. The Bertz CT molecular complexity index is 1380. The number of aliphatic carboxylic acids is 1. The molecule has 4 aromatic rings. The number of aliphatic hydroxyl groups excluding tert-OH is 1. The number of carboxylic acids is 1. The monoisotopic (exact) mass is 524 g/mol. The minimum Gasteiger partial charge on any atom is -0.508 e. The molecule has 0 saturated carbocycles. The Morgan fingerprint density at radius 2 is 1.71 bits per heavy atom. The van der Waals surface area contributed by atoms with Crippen molar-refractivity contribution >= 4 is 22.9 Å². The van der Waals surface area contributed by atoms with Crippen LogP contribution in [0.1, 0.15) is 41.4 Å². The molecule has 0 bridgehead atoms. The van der Waals surface area contributed by atoms with Crippen LogP contribution in [0.15, 0.2) is 59.1 Å². The smallest absolute Gasteiger partial charge is 0.326 e. The van der Waals surface area contributed by atoms with Crippen molar-refractivity contribution in [1.82, 2.24) is 25.8 Å². The van der Waals surface area contributed by atoms with Crippen LogP contribution < -0.4 is 16.4 Å². The highest BCUT2D eigenvalue weighted by molar-refractivity contribution is 5.86. The summed E-state index contributed by atoms with van der Waals surface area (Å²) in [5.41, 5.74) is 8.51. The quantitative estimate of drug-likeness (QED) is 0.131. The van der Waals surface area contributed by atoms with Crippen LogP contribution in [0.4, 0.5) is 4.79 Å². The normalized spacial score (nSPS) is 13.8. The van der Waals surface area contributed by atoms with E-state index in [1.165, 1.54) is 12.1 Å².